The molecule has 3 aromatic rings. The minimum absolute atomic E-state index is 0.0673. The van der Waals surface area contributed by atoms with Gasteiger partial charge in [-0.1, -0.05) is 29.8 Å². The predicted molar refractivity (Wildman–Crippen MR) is 102 cm³/mol. The molecule has 0 atom stereocenters. The van der Waals surface area contributed by atoms with Crippen molar-refractivity contribution in [2.24, 2.45) is 5.14 Å². The van der Waals surface area contributed by atoms with Crippen molar-refractivity contribution in [2.45, 2.75) is 18.2 Å². The zero-order valence-electron chi connectivity index (χ0n) is 14.0. The highest BCUT2D eigenvalue weighted by Gasteiger charge is 2.14. The smallest absolute Gasteiger partial charge is 0.268 e. The lowest BCUT2D eigenvalue weighted by atomic mass is 10.1. The van der Waals surface area contributed by atoms with Crippen molar-refractivity contribution in [1.29, 1.82) is 0 Å². The fraction of sp³-hybridized carbons (Fsp3) is 0.167. The van der Waals surface area contributed by atoms with Crippen molar-refractivity contribution in [2.75, 3.05) is 6.54 Å². The number of fused-ring (bicyclic) bond motifs is 1. The molecule has 0 aliphatic rings. The molecule has 3 rings (SSSR count). The highest BCUT2D eigenvalue weighted by Crippen LogP contribution is 2.24. The zero-order valence-corrected chi connectivity index (χ0v) is 15.6. The van der Waals surface area contributed by atoms with Gasteiger partial charge in [0.1, 0.15) is 5.69 Å². The molecule has 6 nitrogen and oxygen atoms in total. The molecule has 0 bridgehead atoms. The van der Waals surface area contributed by atoms with E-state index in [0.29, 0.717) is 23.7 Å². The maximum atomic E-state index is 12.4. The molecular weight excluding hydrogens is 374 g/mol. The van der Waals surface area contributed by atoms with Gasteiger partial charge in [0, 0.05) is 22.5 Å². The zero-order chi connectivity index (χ0) is 18.9. The molecule has 1 heterocycles. The van der Waals surface area contributed by atoms with Crippen LogP contribution in [0.15, 0.2) is 47.4 Å². The molecule has 8 heteroatoms. The Kier molecular flexibility index (Phi) is 5.04. The fourth-order valence-electron chi connectivity index (χ4n) is 2.79. The fourth-order valence-corrected chi connectivity index (χ4v) is 3.48. The number of amides is 1. The Morgan fingerprint density at radius 2 is 1.88 bits per heavy atom. The van der Waals surface area contributed by atoms with Crippen LogP contribution in [0.25, 0.3) is 10.9 Å². The minimum atomic E-state index is -3.69. The van der Waals surface area contributed by atoms with Crippen LogP contribution in [-0.4, -0.2) is 25.9 Å². The first-order valence-electron chi connectivity index (χ1n) is 7.93. The van der Waals surface area contributed by atoms with E-state index in [-0.39, 0.29) is 10.8 Å². The van der Waals surface area contributed by atoms with E-state index in [1.54, 1.807) is 24.3 Å². The number of rotatable bonds is 5. The van der Waals surface area contributed by atoms with Crippen LogP contribution in [-0.2, 0) is 16.4 Å². The number of benzene rings is 2. The van der Waals surface area contributed by atoms with Crippen LogP contribution in [0.4, 0.5) is 0 Å². The first kappa shape index (κ1) is 18.4. The van der Waals surface area contributed by atoms with Gasteiger partial charge in [-0.3, -0.25) is 4.79 Å². The monoisotopic (exact) mass is 391 g/mol. The van der Waals surface area contributed by atoms with E-state index in [9.17, 15) is 13.2 Å². The summed E-state index contributed by atoms with van der Waals surface area (Å²) in [5.41, 5.74) is 3.09. The number of sulfonamides is 1. The van der Waals surface area contributed by atoms with E-state index in [0.717, 1.165) is 22.0 Å². The van der Waals surface area contributed by atoms with Gasteiger partial charge in [0.15, 0.2) is 0 Å². The Morgan fingerprint density at radius 3 is 2.54 bits per heavy atom. The number of carbonyl (C=O) groups excluding carboxylic acids is 1. The van der Waals surface area contributed by atoms with Gasteiger partial charge in [0.25, 0.3) is 5.91 Å². The van der Waals surface area contributed by atoms with Crippen LogP contribution in [0, 0.1) is 6.92 Å². The molecule has 26 heavy (non-hydrogen) atoms. The number of primary sulfonamides is 1. The summed E-state index contributed by atoms with van der Waals surface area (Å²) in [7, 11) is -3.69. The Morgan fingerprint density at radius 1 is 1.19 bits per heavy atom. The summed E-state index contributed by atoms with van der Waals surface area (Å²) in [6.45, 7) is 2.30. The summed E-state index contributed by atoms with van der Waals surface area (Å²) in [4.78, 5) is 15.6. The van der Waals surface area contributed by atoms with E-state index in [4.69, 9.17) is 16.7 Å². The van der Waals surface area contributed by atoms with Gasteiger partial charge in [-0.2, -0.15) is 0 Å². The van der Waals surface area contributed by atoms with E-state index >= 15 is 0 Å². The number of aryl methyl sites for hydroxylation is 1. The number of halogens is 1. The summed E-state index contributed by atoms with van der Waals surface area (Å²) < 4.78 is 22.5. The molecule has 2 aromatic carbocycles. The molecule has 0 radical (unpaired) electrons. The molecule has 0 aliphatic carbocycles. The maximum absolute atomic E-state index is 12.4. The van der Waals surface area contributed by atoms with Crippen molar-refractivity contribution in [1.82, 2.24) is 10.3 Å². The van der Waals surface area contributed by atoms with Crippen molar-refractivity contribution in [3.63, 3.8) is 0 Å². The summed E-state index contributed by atoms with van der Waals surface area (Å²) >= 11 is 5.98. The van der Waals surface area contributed by atoms with Crippen molar-refractivity contribution in [3.05, 3.63) is 64.3 Å². The third-order valence-corrected chi connectivity index (χ3v) is 5.36. The largest absolute Gasteiger partial charge is 0.350 e. The van der Waals surface area contributed by atoms with E-state index in [1.807, 2.05) is 13.0 Å². The normalized spacial score (nSPS) is 11.7. The van der Waals surface area contributed by atoms with Gasteiger partial charge in [-0.25, -0.2) is 13.6 Å². The Bertz CT molecular complexity index is 1070. The number of nitrogens with two attached hydrogens (primary N) is 1. The number of aromatic amines is 1. The maximum Gasteiger partial charge on any atom is 0.268 e. The molecule has 0 aliphatic heterocycles. The van der Waals surface area contributed by atoms with Gasteiger partial charge in [-0.15, -0.1) is 0 Å². The van der Waals surface area contributed by atoms with Gasteiger partial charge in [-0.05, 0) is 48.7 Å². The minimum Gasteiger partial charge on any atom is -0.350 e. The van der Waals surface area contributed by atoms with Gasteiger partial charge in [0.05, 0.1) is 4.90 Å². The number of hydrogen-bond donors (Lipinski definition) is 3. The van der Waals surface area contributed by atoms with Crippen LogP contribution in [0.2, 0.25) is 5.02 Å². The highest BCUT2D eigenvalue weighted by molar-refractivity contribution is 7.89. The molecule has 0 spiro atoms. The molecule has 0 unspecified atom stereocenters. The number of nitrogens with one attached hydrogen (secondary N) is 2. The van der Waals surface area contributed by atoms with E-state index in [1.165, 1.54) is 12.1 Å². The van der Waals surface area contributed by atoms with E-state index in [2.05, 4.69) is 10.3 Å². The van der Waals surface area contributed by atoms with Crippen molar-refractivity contribution in [3.8, 4) is 0 Å². The molecular formula is C18H18ClN3O3S. The quantitative estimate of drug-likeness (QED) is 0.622. The second-order valence-electron chi connectivity index (χ2n) is 6.01. The molecule has 4 N–H and O–H groups in total. The molecule has 1 amide bonds. The van der Waals surface area contributed by atoms with Gasteiger partial charge < -0.3 is 10.3 Å². The summed E-state index contributed by atoms with van der Waals surface area (Å²) in [5.74, 6) is -0.198. The lowest BCUT2D eigenvalue weighted by Crippen LogP contribution is -2.26. The van der Waals surface area contributed by atoms with Crippen LogP contribution in [0.5, 0.6) is 0 Å². The average Bonchev–Trinajstić information content (AvgIpc) is 2.90. The van der Waals surface area contributed by atoms with E-state index < -0.39 is 10.0 Å². The molecule has 0 saturated heterocycles. The van der Waals surface area contributed by atoms with Crippen LogP contribution in [0.3, 0.4) is 0 Å². The second kappa shape index (κ2) is 7.11. The first-order chi connectivity index (χ1) is 12.3. The average molecular weight is 392 g/mol. The Labute approximate surface area is 156 Å². The Balaban J connectivity index is 1.65. The SMILES string of the molecule is Cc1c(C(=O)NCCc2ccc(S(N)(=O)=O)cc2)[nH]c2cc(Cl)ccc12. The second-order valence-corrected chi connectivity index (χ2v) is 8.01. The molecule has 0 fully saturated rings. The van der Waals surface area contributed by atoms with Crippen LogP contribution in [0.1, 0.15) is 21.6 Å². The lowest BCUT2D eigenvalue weighted by molar-refractivity contribution is 0.0949. The summed E-state index contributed by atoms with van der Waals surface area (Å²) in [6.07, 6.45) is 0.571. The van der Waals surface area contributed by atoms with Crippen molar-refractivity contribution >= 4 is 38.4 Å². The van der Waals surface area contributed by atoms with Crippen LogP contribution >= 0.6 is 11.6 Å². The predicted octanol–water partition coefficient (Wildman–Crippen LogP) is 2.75. The van der Waals surface area contributed by atoms with Crippen molar-refractivity contribution < 1.29 is 13.2 Å². The third-order valence-electron chi connectivity index (χ3n) is 4.20. The number of carbonyl (C=O) groups is 1. The number of aromatic nitrogens is 1. The molecule has 1 aromatic heterocycles. The lowest BCUT2D eigenvalue weighted by Gasteiger charge is -2.06. The first-order valence-corrected chi connectivity index (χ1v) is 9.86. The topological polar surface area (TPSA) is 105 Å². The standard InChI is InChI=1S/C18H18ClN3O3S/c1-11-15-7-4-13(19)10-16(15)22-17(11)18(23)21-9-8-12-2-5-14(6-3-12)26(20,24)25/h2-7,10,22H,8-9H2,1H3,(H,21,23)(H2,20,24,25). The number of hydrogen-bond acceptors (Lipinski definition) is 3. The summed E-state index contributed by atoms with van der Waals surface area (Å²) in [6, 6.07) is 11.7. The number of H-pyrrole nitrogens is 1. The molecule has 136 valence electrons. The third kappa shape index (κ3) is 3.90. The van der Waals surface area contributed by atoms with Crippen LogP contribution < -0.4 is 10.5 Å². The highest BCUT2D eigenvalue weighted by atomic mass is 35.5. The van der Waals surface area contributed by atoms with Gasteiger partial charge >= 0.3 is 0 Å². The summed E-state index contributed by atoms with van der Waals surface area (Å²) in [5, 5.41) is 9.49. The Hall–Kier alpha value is -2.35. The molecule has 0 saturated carbocycles. The van der Waals surface area contributed by atoms with Gasteiger partial charge in [0.2, 0.25) is 10.0 Å².